The molecule has 2 rings (SSSR count). The van der Waals surface area contributed by atoms with Crippen molar-refractivity contribution in [2.24, 2.45) is 0 Å². The molecule has 146 valence electrons. The van der Waals surface area contributed by atoms with Crippen LogP contribution in [0.5, 0.6) is 0 Å². The lowest BCUT2D eigenvalue weighted by Crippen LogP contribution is -2.42. The number of thioether (sulfide) groups is 1. The SMILES string of the molecule is CSc1ccc(NC(=O)[C@H](C)NS(=O)(=O)c2c(C)c(C)cc(C)c2C)cc1. The van der Waals surface area contributed by atoms with Gasteiger partial charge in [0.25, 0.3) is 0 Å². The number of rotatable bonds is 6. The quantitative estimate of drug-likeness (QED) is 0.713. The standard InChI is InChI=1S/C20H26N2O3S2/c1-12-11-13(2)15(4)19(14(12)3)27(24,25)22-16(5)20(23)21-17-7-9-18(26-6)10-8-17/h7-11,16,22H,1-6H3,(H,21,23)/t16-/m0/s1. The van der Waals surface area contributed by atoms with Gasteiger partial charge < -0.3 is 5.32 Å². The van der Waals surface area contributed by atoms with Crippen LogP contribution in [0.4, 0.5) is 5.69 Å². The van der Waals surface area contributed by atoms with Gasteiger partial charge in [-0.15, -0.1) is 11.8 Å². The van der Waals surface area contributed by atoms with Crippen molar-refractivity contribution in [1.29, 1.82) is 0 Å². The molecule has 0 saturated heterocycles. The Kier molecular flexibility index (Phi) is 6.72. The fourth-order valence-corrected chi connectivity index (χ4v) is 5.08. The van der Waals surface area contributed by atoms with Gasteiger partial charge in [-0.05, 0) is 87.4 Å². The molecular weight excluding hydrogens is 380 g/mol. The van der Waals surface area contributed by atoms with Crippen molar-refractivity contribution in [1.82, 2.24) is 4.72 Å². The molecule has 0 aliphatic rings. The Labute approximate surface area is 166 Å². The maximum absolute atomic E-state index is 12.9. The summed E-state index contributed by atoms with van der Waals surface area (Å²) in [5.41, 5.74) is 3.84. The zero-order valence-corrected chi connectivity index (χ0v) is 18.1. The van der Waals surface area contributed by atoms with E-state index in [4.69, 9.17) is 0 Å². The molecule has 2 aromatic carbocycles. The summed E-state index contributed by atoms with van der Waals surface area (Å²) < 4.78 is 28.4. The van der Waals surface area contributed by atoms with Crippen LogP contribution in [0.15, 0.2) is 40.1 Å². The third-order valence-corrected chi connectivity index (χ3v) is 7.21. The minimum Gasteiger partial charge on any atom is -0.325 e. The molecule has 5 nitrogen and oxygen atoms in total. The molecule has 1 amide bonds. The van der Waals surface area contributed by atoms with Gasteiger partial charge in [0.1, 0.15) is 0 Å². The summed E-state index contributed by atoms with van der Waals surface area (Å²) in [6, 6.07) is 8.45. The third kappa shape index (κ3) is 4.91. The first kappa shape index (κ1) is 21.5. The van der Waals surface area contributed by atoms with Gasteiger partial charge in [-0.2, -0.15) is 4.72 Å². The highest BCUT2D eigenvalue weighted by Gasteiger charge is 2.26. The Hall–Kier alpha value is -1.83. The Bertz CT molecular complexity index is 926. The molecule has 0 aliphatic heterocycles. The Balaban J connectivity index is 2.21. The molecule has 1 atom stereocenters. The van der Waals surface area contributed by atoms with Crippen molar-refractivity contribution in [3.63, 3.8) is 0 Å². The Morgan fingerprint density at radius 1 is 1.00 bits per heavy atom. The predicted octanol–water partition coefficient (Wildman–Crippen LogP) is 3.95. The van der Waals surface area contributed by atoms with Crippen LogP contribution < -0.4 is 10.0 Å². The largest absolute Gasteiger partial charge is 0.325 e. The molecule has 0 fully saturated rings. The van der Waals surface area contributed by atoms with Gasteiger partial charge in [0.15, 0.2) is 0 Å². The summed E-state index contributed by atoms with van der Waals surface area (Å²) in [5, 5.41) is 2.74. The maximum atomic E-state index is 12.9. The van der Waals surface area contributed by atoms with E-state index in [2.05, 4.69) is 10.0 Å². The number of nitrogens with one attached hydrogen (secondary N) is 2. The molecule has 27 heavy (non-hydrogen) atoms. The number of aryl methyl sites for hydroxylation is 2. The second kappa shape index (κ2) is 8.46. The molecule has 0 saturated carbocycles. The highest BCUT2D eigenvalue weighted by atomic mass is 32.2. The van der Waals surface area contributed by atoms with E-state index >= 15 is 0 Å². The van der Waals surface area contributed by atoms with Gasteiger partial charge in [-0.3, -0.25) is 4.79 Å². The lowest BCUT2D eigenvalue weighted by molar-refractivity contribution is -0.117. The maximum Gasteiger partial charge on any atom is 0.242 e. The summed E-state index contributed by atoms with van der Waals surface area (Å²) in [6.07, 6.45) is 1.97. The summed E-state index contributed by atoms with van der Waals surface area (Å²) in [6.45, 7) is 8.88. The molecular formula is C20H26N2O3S2. The van der Waals surface area contributed by atoms with Crippen LogP contribution in [0.3, 0.4) is 0 Å². The van der Waals surface area contributed by atoms with Crippen molar-refractivity contribution in [3.05, 3.63) is 52.6 Å². The number of hydrogen-bond donors (Lipinski definition) is 2. The van der Waals surface area contributed by atoms with Gasteiger partial charge in [0, 0.05) is 10.6 Å². The van der Waals surface area contributed by atoms with Crippen LogP contribution in [-0.2, 0) is 14.8 Å². The van der Waals surface area contributed by atoms with Crippen LogP contribution in [-0.4, -0.2) is 26.6 Å². The second-order valence-electron chi connectivity index (χ2n) is 6.65. The Morgan fingerprint density at radius 3 is 2.00 bits per heavy atom. The molecule has 2 aromatic rings. The monoisotopic (exact) mass is 406 g/mol. The van der Waals surface area contributed by atoms with Crippen molar-refractivity contribution in [2.75, 3.05) is 11.6 Å². The van der Waals surface area contributed by atoms with Gasteiger partial charge in [0.05, 0.1) is 10.9 Å². The van der Waals surface area contributed by atoms with E-state index in [9.17, 15) is 13.2 Å². The normalized spacial score (nSPS) is 12.7. The smallest absolute Gasteiger partial charge is 0.242 e. The highest BCUT2D eigenvalue weighted by molar-refractivity contribution is 7.98. The first-order valence-corrected chi connectivity index (χ1v) is 11.3. The molecule has 0 heterocycles. The number of carbonyl (C=O) groups excluding carboxylic acids is 1. The number of amides is 1. The van der Waals surface area contributed by atoms with Gasteiger partial charge in [-0.1, -0.05) is 6.07 Å². The van der Waals surface area contributed by atoms with Gasteiger partial charge in [-0.25, -0.2) is 8.42 Å². The van der Waals surface area contributed by atoms with E-state index in [0.717, 1.165) is 16.0 Å². The summed E-state index contributed by atoms with van der Waals surface area (Å²) in [4.78, 5) is 13.8. The second-order valence-corrected chi connectivity index (χ2v) is 9.18. The minimum absolute atomic E-state index is 0.254. The number of hydrogen-bond acceptors (Lipinski definition) is 4. The Morgan fingerprint density at radius 2 is 1.52 bits per heavy atom. The number of sulfonamides is 1. The van der Waals surface area contributed by atoms with Crippen LogP contribution >= 0.6 is 11.8 Å². The van der Waals surface area contributed by atoms with E-state index < -0.39 is 22.0 Å². The van der Waals surface area contributed by atoms with Crippen LogP contribution in [0, 0.1) is 27.7 Å². The molecule has 0 radical (unpaired) electrons. The zero-order valence-electron chi connectivity index (χ0n) is 16.5. The average Bonchev–Trinajstić information content (AvgIpc) is 2.60. The summed E-state index contributed by atoms with van der Waals surface area (Å²) in [7, 11) is -3.83. The number of carbonyl (C=O) groups is 1. The molecule has 7 heteroatoms. The fourth-order valence-electron chi connectivity index (χ4n) is 2.85. The molecule has 0 aliphatic carbocycles. The van der Waals surface area contributed by atoms with E-state index in [1.165, 1.54) is 6.92 Å². The zero-order chi connectivity index (χ0) is 20.4. The van der Waals surface area contributed by atoms with E-state index in [1.807, 2.05) is 38.3 Å². The molecule has 0 unspecified atom stereocenters. The average molecular weight is 407 g/mol. The van der Waals surface area contributed by atoms with E-state index in [1.54, 1.807) is 37.7 Å². The number of benzene rings is 2. The van der Waals surface area contributed by atoms with Crippen LogP contribution in [0.25, 0.3) is 0 Å². The molecule has 0 aromatic heterocycles. The lowest BCUT2D eigenvalue weighted by atomic mass is 10.0. The third-order valence-electron chi connectivity index (χ3n) is 4.65. The van der Waals surface area contributed by atoms with Crippen LogP contribution in [0.2, 0.25) is 0 Å². The summed E-state index contributed by atoms with van der Waals surface area (Å²) >= 11 is 1.61. The topological polar surface area (TPSA) is 75.3 Å². The molecule has 0 bridgehead atoms. The molecule has 0 spiro atoms. The number of anilines is 1. The van der Waals surface area contributed by atoms with Crippen molar-refractivity contribution >= 4 is 33.4 Å². The van der Waals surface area contributed by atoms with Gasteiger partial charge >= 0.3 is 0 Å². The summed E-state index contributed by atoms with van der Waals surface area (Å²) in [5.74, 6) is -0.407. The first-order chi connectivity index (χ1) is 12.6. The lowest BCUT2D eigenvalue weighted by Gasteiger charge is -2.19. The van der Waals surface area contributed by atoms with Crippen molar-refractivity contribution < 1.29 is 13.2 Å². The predicted molar refractivity (Wildman–Crippen MR) is 112 cm³/mol. The first-order valence-electron chi connectivity index (χ1n) is 8.61. The van der Waals surface area contributed by atoms with E-state index in [0.29, 0.717) is 16.8 Å². The van der Waals surface area contributed by atoms with Gasteiger partial charge in [0.2, 0.25) is 15.9 Å². The van der Waals surface area contributed by atoms with E-state index in [-0.39, 0.29) is 4.90 Å². The highest BCUT2D eigenvalue weighted by Crippen LogP contribution is 2.26. The van der Waals surface area contributed by atoms with Crippen molar-refractivity contribution in [2.45, 2.75) is 50.5 Å². The van der Waals surface area contributed by atoms with Crippen molar-refractivity contribution in [3.8, 4) is 0 Å². The fraction of sp³-hybridized carbons (Fsp3) is 0.350. The minimum atomic E-state index is -3.83. The molecule has 2 N–H and O–H groups in total. The van der Waals surface area contributed by atoms with Crippen LogP contribution in [0.1, 0.15) is 29.2 Å².